The van der Waals surface area contributed by atoms with E-state index in [-0.39, 0.29) is 11.6 Å². The number of hydrogen-bond donors (Lipinski definition) is 1. The van der Waals surface area contributed by atoms with Crippen LogP contribution in [-0.4, -0.2) is 21.0 Å². The maximum atomic E-state index is 11.3. The second-order valence-electron chi connectivity index (χ2n) is 3.24. The number of aryl methyl sites for hydroxylation is 1. The van der Waals surface area contributed by atoms with Crippen molar-refractivity contribution < 1.29 is 5.11 Å². The molecule has 4 nitrogen and oxygen atoms in total. The maximum Gasteiger partial charge on any atom is 0.267 e. The zero-order chi connectivity index (χ0) is 10.0. The van der Waals surface area contributed by atoms with Crippen LogP contribution < -0.4 is 5.56 Å². The Labute approximate surface area is 76.8 Å². The summed E-state index contributed by atoms with van der Waals surface area (Å²) in [6.07, 6.45) is -0.577. The third kappa shape index (κ3) is 2.15. The lowest BCUT2D eigenvalue weighted by Crippen LogP contribution is -2.31. The van der Waals surface area contributed by atoms with E-state index in [2.05, 4.69) is 5.10 Å². The van der Waals surface area contributed by atoms with Crippen LogP contribution in [-0.2, 0) is 0 Å². The summed E-state index contributed by atoms with van der Waals surface area (Å²) in [6, 6.07) is 2.84. The van der Waals surface area contributed by atoms with Gasteiger partial charge in [-0.15, -0.1) is 0 Å². The molecule has 0 spiro atoms. The predicted octanol–water partition coefficient (Wildman–Crippen LogP) is 0.494. The van der Waals surface area contributed by atoms with Crippen molar-refractivity contribution in [2.75, 3.05) is 0 Å². The lowest BCUT2D eigenvalue weighted by Gasteiger charge is -2.16. The molecule has 0 bridgehead atoms. The van der Waals surface area contributed by atoms with E-state index in [0.29, 0.717) is 0 Å². The van der Waals surface area contributed by atoms with Crippen LogP contribution in [0.1, 0.15) is 25.6 Å². The summed E-state index contributed by atoms with van der Waals surface area (Å²) in [5.41, 5.74) is 0.589. The summed E-state index contributed by atoms with van der Waals surface area (Å²) in [6.45, 7) is 5.21. The Bertz CT molecular complexity index is 344. The number of aromatic nitrogens is 2. The normalized spacial score (nSPS) is 15.4. The van der Waals surface area contributed by atoms with E-state index in [1.54, 1.807) is 19.9 Å². The van der Waals surface area contributed by atoms with Gasteiger partial charge in [-0.05, 0) is 26.8 Å². The minimum absolute atomic E-state index is 0.181. The van der Waals surface area contributed by atoms with Crippen molar-refractivity contribution in [1.29, 1.82) is 0 Å². The number of aliphatic hydroxyl groups is 1. The van der Waals surface area contributed by atoms with Crippen molar-refractivity contribution in [1.82, 2.24) is 9.78 Å². The summed E-state index contributed by atoms with van der Waals surface area (Å²) in [7, 11) is 0. The molecule has 72 valence electrons. The Balaban J connectivity index is 3.13. The molecule has 1 aromatic rings. The SMILES string of the molecule is Cc1ccc(=O)n([C@@H](C)[C@@H](C)O)n1. The molecule has 0 aliphatic rings. The Morgan fingerprint density at radius 2 is 2.08 bits per heavy atom. The zero-order valence-corrected chi connectivity index (χ0v) is 8.06. The van der Waals surface area contributed by atoms with Crippen LogP contribution in [0.4, 0.5) is 0 Å². The van der Waals surface area contributed by atoms with Crippen LogP contribution in [0.3, 0.4) is 0 Å². The average molecular weight is 182 g/mol. The molecular weight excluding hydrogens is 168 g/mol. The Morgan fingerprint density at radius 3 is 2.62 bits per heavy atom. The van der Waals surface area contributed by atoms with Gasteiger partial charge in [0.25, 0.3) is 5.56 Å². The van der Waals surface area contributed by atoms with Gasteiger partial charge in [-0.1, -0.05) is 0 Å². The average Bonchev–Trinajstić information content (AvgIpc) is 2.08. The molecule has 2 atom stereocenters. The van der Waals surface area contributed by atoms with Gasteiger partial charge in [0.05, 0.1) is 17.8 Å². The van der Waals surface area contributed by atoms with Crippen LogP contribution in [0.2, 0.25) is 0 Å². The molecular formula is C9H14N2O2. The van der Waals surface area contributed by atoms with Gasteiger partial charge in [0.2, 0.25) is 0 Å². The minimum atomic E-state index is -0.577. The van der Waals surface area contributed by atoms with Crippen LogP contribution in [0, 0.1) is 6.92 Å². The van der Waals surface area contributed by atoms with E-state index in [1.807, 2.05) is 6.92 Å². The molecule has 0 unspecified atom stereocenters. The van der Waals surface area contributed by atoms with Crippen molar-refractivity contribution in [3.63, 3.8) is 0 Å². The van der Waals surface area contributed by atoms with Crippen LogP contribution in [0.25, 0.3) is 0 Å². The molecule has 0 radical (unpaired) electrons. The van der Waals surface area contributed by atoms with E-state index >= 15 is 0 Å². The van der Waals surface area contributed by atoms with Crippen molar-refractivity contribution >= 4 is 0 Å². The van der Waals surface area contributed by atoms with E-state index in [4.69, 9.17) is 0 Å². The highest BCUT2D eigenvalue weighted by Crippen LogP contribution is 2.05. The highest BCUT2D eigenvalue weighted by Gasteiger charge is 2.12. The van der Waals surface area contributed by atoms with Gasteiger partial charge < -0.3 is 5.11 Å². The van der Waals surface area contributed by atoms with Gasteiger partial charge in [0.1, 0.15) is 0 Å². The number of rotatable bonds is 2. The molecule has 1 aromatic heterocycles. The number of hydrogen-bond acceptors (Lipinski definition) is 3. The summed E-state index contributed by atoms with van der Waals surface area (Å²) in [5.74, 6) is 0. The molecule has 4 heteroatoms. The van der Waals surface area contributed by atoms with Gasteiger partial charge in [-0.2, -0.15) is 5.10 Å². The van der Waals surface area contributed by atoms with E-state index in [9.17, 15) is 9.90 Å². The summed E-state index contributed by atoms with van der Waals surface area (Å²) >= 11 is 0. The first-order chi connectivity index (χ1) is 6.02. The molecule has 1 N–H and O–H groups in total. The van der Waals surface area contributed by atoms with Gasteiger partial charge in [0, 0.05) is 6.07 Å². The van der Waals surface area contributed by atoms with E-state index < -0.39 is 6.10 Å². The zero-order valence-electron chi connectivity index (χ0n) is 8.06. The Morgan fingerprint density at radius 1 is 1.46 bits per heavy atom. The summed E-state index contributed by atoms with van der Waals surface area (Å²) in [5, 5.41) is 13.3. The van der Waals surface area contributed by atoms with Crippen LogP contribution in [0.15, 0.2) is 16.9 Å². The minimum Gasteiger partial charge on any atom is -0.391 e. The molecule has 1 heterocycles. The quantitative estimate of drug-likeness (QED) is 0.724. The second kappa shape index (κ2) is 3.70. The lowest BCUT2D eigenvalue weighted by atomic mass is 10.2. The monoisotopic (exact) mass is 182 g/mol. The molecule has 0 aliphatic heterocycles. The van der Waals surface area contributed by atoms with Gasteiger partial charge in [-0.3, -0.25) is 4.79 Å². The first kappa shape index (κ1) is 9.92. The summed E-state index contributed by atoms with van der Waals surface area (Å²) in [4.78, 5) is 11.3. The Kier molecular flexibility index (Phi) is 2.83. The topological polar surface area (TPSA) is 55.1 Å². The van der Waals surface area contributed by atoms with Crippen molar-refractivity contribution in [3.8, 4) is 0 Å². The first-order valence-electron chi connectivity index (χ1n) is 4.27. The molecule has 1 rings (SSSR count). The smallest absolute Gasteiger partial charge is 0.267 e. The first-order valence-corrected chi connectivity index (χ1v) is 4.27. The highest BCUT2D eigenvalue weighted by atomic mass is 16.3. The molecule has 13 heavy (non-hydrogen) atoms. The molecule has 0 fully saturated rings. The fourth-order valence-corrected chi connectivity index (χ4v) is 1.02. The van der Waals surface area contributed by atoms with E-state index in [0.717, 1.165) is 5.69 Å². The largest absolute Gasteiger partial charge is 0.391 e. The third-order valence-electron chi connectivity index (χ3n) is 2.04. The standard InChI is InChI=1S/C9H14N2O2/c1-6-4-5-9(13)11(10-6)7(2)8(3)12/h4-5,7-8,12H,1-3H3/t7-,8+/m0/s1. The van der Waals surface area contributed by atoms with Crippen LogP contribution >= 0.6 is 0 Å². The summed E-state index contributed by atoms with van der Waals surface area (Å²) < 4.78 is 1.31. The van der Waals surface area contributed by atoms with Gasteiger partial charge in [-0.25, -0.2) is 4.68 Å². The van der Waals surface area contributed by atoms with Crippen LogP contribution in [0.5, 0.6) is 0 Å². The fourth-order valence-electron chi connectivity index (χ4n) is 1.02. The molecule has 0 saturated carbocycles. The van der Waals surface area contributed by atoms with Gasteiger partial charge in [0.15, 0.2) is 0 Å². The van der Waals surface area contributed by atoms with Gasteiger partial charge >= 0.3 is 0 Å². The van der Waals surface area contributed by atoms with E-state index in [1.165, 1.54) is 10.7 Å². The Hall–Kier alpha value is -1.16. The lowest BCUT2D eigenvalue weighted by molar-refractivity contribution is 0.129. The molecule has 0 aromatic carbocycles. The predicted molar refractivity (Wildman–Crippen MR) is 49.6 cm³/mol. The van der Waals surface area contributed by atoms with Crippen molar-refractivity contribution in [3.05, 3.63) is 28.2 Å². The molecule has 0 amide bonds. The fraction of sp³-hybridized carbons (Fsp3) is 0.556. The molecule has 0 aliphatic carbocycles. The maximum absolute atomic E-state index is 11.3. The second-order valence-corrected chi connectivity index (χ2v) is 3.24. The number of aliphatic hydroxyl groups excluding tert-OH is 1. The number of nitrogens with zero attached hydrogens (tertiary/aromatic N) is 2. The van der Waals surface area contributed by atoms with Crippen molar-refractivity contribution in [2.24, 2.45) is 0 Å². The molecule has 0 saturated heterocycles. The highest BCUT2D eigenvalue weighted by molar-refractivity contribution is 4.98. The third-order valence-corrected chi connectivity index (χ3v) is 2.04. The van der Waals surface area contributed by atoms with Crippen molar-refractivity contribution in [2.45, 2.75) is 32.9 Å².